The number of fused-ring (bicyclic) bond motifs is 4. The van der Waals surface area contributed by atoms with Crippen molar-refractivity contribution in [3.8, 4) is 50.2 Å². The summed E-state index contributed by atoms with van der Waals surface area (Å²) in [6, 6.07) is 88.0. The van der Waals surface area contributed by atoms with Crippen LogP contribution in [0.15, 0.2) is 243 Å². The van der Waals surface area contributed by atoms with Gasteiger partial charge in [0.1, 0.15) is 0 Å². The molecule has 0 aliphatic carbocycles. The fourth-order valence-corrected chi connectivity index (χ4v) is 8.98. The molecule has 60 heavy (non-hydrogen) atoms. The average molecular weight is 765 g/mol. The van der Waals surface area contributed by atoms with Crippen LogP contribution in [-0.4, -0.2) is 4.57 Å². The van der Waals surface area contributed by atoms with E-state index < -0.39 is 0 Å². The third kappa shape index (κ3) is 6.23. The van der Waals surface area contributed by atoms with Crippen LogP contribution in [-0.2, 0) is 0 Å². The van der Waals surface area contributed by atoms with Crippen molar-refractivity contribution in [3.05, 3.63) is 243 Å². The lowest BCUT2D eigenvalue weighted by Gasteiger charge is -2.28. The number of hydrogen-bond donors (Lipinski definition) is 0. The zero-order chi connectivity index (χ0) is 39.8. The molecule has 0 aliphatic heterocycles. The van der Waals surface area contributed by atoms with Gasteiger partial charge in [0.25, 0.3) is 0 Å². The van der Waals surface area contributed by atoms with Gasteiger partial charge in [-0.1, -0.05) is 188 Å². The van der Waals surface area contributed by atoms with Gasteiger partial charge in [0.2, 0.25) is 0 Å². The molecular formula is C58H40N2. The number of hydrogen-bond acceptors (Lipinski definition) is 1. The van der Waals surface area contributed by atoms with E-state index in [9.17, 15) is 0 Å². The van der Waals surface area contributed by atoms with Gasteiger partial charge in [0.05, 0.1) is 16.7 Å². The predicted molar refractivity (Wildman–Crippen MR) is 255 cm³/mol. The minimum Gasteiger partial charge on any atom is -0.310 e. The first-order chi connectivity index (χ1) is 29.8. The molecule has 0 amide bonds. The maximum Gasteiger partial charge on any atom is 0.0541 e. The third-order valence-corrected chi connectivity index (χ3v) is 11.8. The second-order valence-corrected chi connectivity index (χ2v) is 15.3. The van der Waals surface area contributed by atoms with Crippen LogP contribution in [0.2, 0.25) is 0 Å². The molecule has 282 valence electrons. The lowest BCUT2D eigenvalue weighted by molar-refractivity contribution is 1.18. The van der Waals surface area contributed by atoms with E-state index in [1.807, 2.05) is 0 Å². The molecule has 0 unspecified atom stereocenters. The number of para-hydroxylation sites is 3. The molecule has 0 saturated carbocycles. The van der Waals surface area contributed by atoms with Gasteiger partial charge < -0.3 is 9.47 Å². The molecule has 1 aromatic heterocycles. The molecule has 2 nitrogen and oxygen atoms in total. The molecule has 0 N–H and O–H groups in total. The Bertz CT molecular complexity index is 3150. The van der Waals surface area contributed by atoms with Gasteiger partial charge >= 0.3 is 0 Å². The highest BCUT2D eigenvalue weighted by Gasteiger charge is 2.21. The summed E-state index contributed by atoms with van der Waals surface area (Å²) < 4.78 is 2.44. The van der Waals surface area contributed by atoms with Gasteiger partial charge in [0.15, 0.2) is 0 Å². The molecule has 0 atom stereocenters. The normalized spacial score (nSPS) is 11.3. The van der Waals surface area contributed by atoms with Gasteiger partial charge in [-0.2, -0.15) is 0 Å². The summed E-state index contributed by atoms with van der Waals surface area (Å²) in [5.41, 5.74) is 16.3. The minimum absolute atomic E-state index is 1.08. The highest BCUT2D eigenvalue weighted by Crippen LogP contribution is 2.45. The quantitative estimate of drug-likeness (QED) is 0.150. The average Bonchev–Trinajstić information content (AvgIpc) is 3.67. The Morgan fingerprint density at radius 2 is 0.717 bits per heavy atom. The highest BCUT2D eigenvalue weighted by atomic mass is 15.1. The summed E-state index contributed by atoms with van der Waals surface area (Å²) in [6.07, 6.45) is 0. The van der Waals surface area contributed by atoms with Crippen molar-refractivity contribution in [3.63, 3.8) is 0 Å². The molecule has 11 rings (SSSR count). The molecule has 10 aromatic carbocycles. The van der Waals surface area contributed by atoms with E-state index in [2.05, 4.69) is 252 Å². The Kier molecular flexibility index (Phi) is 8.87. The lowest BCUT2D eigenvalue weighted by Crippen LogP contribution is -2.10. The molecule has 0 radical (unpaired) electrons. The van der Waals surface area contributed by atoms with E-state index in [1.165, 1.54) is 77.1 Å². The maximum absolute atomic E-state index is 2.44. The van der Waals surface area contributed by atoms with Gasteiger partial charge in [-0.05, 0) is 104 Å². The zero-order valence-electron chi connectivity index (χ0n) is 33.0. The van der Waals surface area contributed by atoms with E-state index in [1.54, 1.807) is 0 Å². The molecule has 0 aliphatic rings. The Morgan fingerprint density at radius 1 is 0.267 bits per heavy atom. The van der Waals surface area contributed by atoms with Crippen LogP contribution < -0.4 is 4.90 Å². The van der Waals surface area contributed by atoms with Crippen LogP contribution in [0.1, 0.15) is 0 Å². The number of nitrogens with zero attached hydrogens (tertiary/aromatic N) is 2. The fourth-order valence-electron chi connectivity index (χ4n) is 8.98. The van der Waals surface area contributed by atoms with Crippen LogP contribution in [0.4, 0.5) is 17.1 Å². The van der Waals surface area contributed by atoms with Crippen molar-refractivity contribution in [1.29, 1.82) is 0 Å². The van der Waals surface area contributed by atoms with E-state index in [0.717, 1.165) is 22.7 Å². The van der Waals surface area contributed by atoms with Crippen molar-refractivity contribution >= 4 is 49.6 Å². The van der Waals surface area contributed by atoms with Crippen LogP contribution >= 0.6 is 0 Å². The summed E-state index contributed by atoms with van der Waals surface area (Å²) in [6.45, 7) is 0. The standard InChI is InChI=1S/C58H40N2/c1-3-16-41(17-4-1)43-30-34-46(35-31-43)59(47-36-32-44(33-37-47)42-18-5-2-6-19-42)48-38-39-51(55(40-48)50-26-15-21-45-20-7-8-22-49(45)50)52-23-9-12-27-56(52)60-57-28-13-10-24-53(57)54-25-11-14-29-58(54)60/h1-40H. The highest BCUT2D eigenvalue weighted by molar-refractivity contribution is 6.10. The fraction of sp³-hybridized carbons (Fsp3) is 0. The summed E-state index contributed by atoms with van der Waals surface area (Å²) in [7, 11) is 0. The largest absolute Gasteiger partial charge is 0.310 e. The second kappa shape index (κ2) is 15.1. The molecule has 0 saturated heterocycles. The number of rotatable bonds is 8. The van der Waals surface area contributed by atoms with Gasteiger partial charge in [-0.15, -0.1) is 0 Å². The molecule has 1 heterocycles. The molecule has 0 spiro atoms. The SMILES string of the molecule is c1ccc(-c2ccc(N(c3ccc(-c4ccccc4)cc3)c3ccc(-c4ccccc4-n4c5ccccc5c5ccccc54)c(-c4cccc5ccccc45)c3)cc2)cc1. The van der Waals surface area contributed by atoms with E-state index in [4.69, 9.17) is 0 Å². The minimum atomic E-state index is 1.08. The monoisotopic (exact) mass is 764 g/mol. The van der Waals surface area contributed by atoms with Gasteiger partial charge in [-0.3, -0.25) is 0 Å². The Hall–Kier alpha value is -7.94. The third-order valence-electron chi connectivity index (χ3n) is 11.8. The van der Waals surface area contributed by atoms with Gasteiger partial charge in [0, 0.05) is 33.4 Å². The summed E-state index contributed by atoms with van der Waals surface area (Å²) >= 11 is 0. The Labute approximate surface area is 350 Å². The van der Waals surface area contributed by atoms with Crippen molar-refractivity contribution in [2.75, 3.05) is 4.90 Å². The van der Waals surface area contributed by atoms with Crippen molar-refractivity contribution < 1.29 is 0 Å². The molecule has 11 aromatic rings. The summed E-state index contributed by atoms with van der Waals surface area (Å²) in [4.78, 5) is 2.39. The maximum atomic E-state index is 2.44. The Morgan fingerprint density at radius 3 is 1.33 bits per heavy atom. The van der Waals surface area contributed by atoms with Crippen molar-refractivity contribution in [2.45, 2.75) is 0 Å². The van der Waals surface area contributed by atoms with Crippen molar-refractivity contribution in [1.82, 2.24) is 4.57 Å². The zero-order valence-corrected chi connectivity index (χ0v) is 33.0. The van der Waals surface area contributed by atoms with Crippen LogP contribution in [0.3, 0.4) is 0 Å². The van der Waals surface area contributed by atoms with Gasteiger partial charge in [-0.25, -0.2) is 0 Å². The topological polar surface area (TPSA) is 8.17 Å². The van der Waals surface area contributed by atoms with E-state index >= 15 is 0 Å². The van der Waals surface area contributed by atoms with Crippen LogP contribution in [0.25, 0.3) is 82.8 Å². The first-order valence-electron chi connectivity index (χ1n) is 20.6. The number of aromatic nitrogens is 1. The molecule has 0 bridgehead atoms. The Balaban J connectivity index is 1.14. The smallest absolute Gasteiger partial charge is 0.0541 e. The second-order valence-electron chi connectivity index (χ2n) is 15.3. The van der Waals surface area contributed by atoms with Crippen LogP contribution in [0, 0.1) is 0 Å². The van der Waals surface area contributed by atoms with E-state index in [0.29, 0.717) is 0 Å². The van der Waals surface area contributed by atoms with Crippen molar-refractivity contribution in [2.24, 2.45) is 0 Å². The predicted octanol–water partition coefficient (Wildman–Crippen LogP) is 16.1. The summed E-state index contributed by atoms with van der Waals surface area (Å²) in [5, 5.41) is 4.94. The van der Waals surface area contributed by atoms with E-state index in [-0.39, 0.29) is 0 Å². The number of benzene rings is 10. The first-order valence-corrected chi connectivity index (χ1v) is 20.6. The molecular weight excluding hydrogens is 725 g/mol. The van der Waals surface area contributed by atoms with Crippen LogP contribution in [0.5, 0.6) is 0 Å². The molecule has 0 fully saturated rings. The number of anilines is 3. The lowest BCUT2D eigenvalue weighted by atomic mass is 9.90. The summed E-state index contributed by atoms with van der Waals surface area (Å²) in [5.74, 6) is 0. The molecule has 2 heteroatoms. The first kappa shape index (κ1) is 35.2.